The Morgan fingerprint density at radius 3 is 3.04 bits per heavy atom. The molecule has 1 unspecified atom stereocenters. The van der Waals surface area contributed by atoms with Gasteiger partial charge in [0.05, 0.1) is 12.2 Å². The van der Waals surface area contributed by atoms with Gasteiger partial charge in [0.25, 0.3) is 0 Å². The van der Waals surface area contributed by atoms with Gasteiger partial charge in [-0.3, -0.25) is 9.69 Å². The summed E-state index contributed by atoms with van der Waals surface area (Å²) in [5.41, 5.74) is 1.02. The van der Waals surface area contributed by atoms with Crippen molar-refractivity contribution < 1.29 is 14.3 Å². The zero-order valence-corrected chi connectivity index (χ0v) is 15.0. The minimum atomic E-state index is -0.204. The van der Waals surface area contributed by atoms with Gasteiger partial charge in [-0.05, 0) is 25.8 Å². The predicted molar refractivity (Wildman–Crippen MR) is 97.5 cm³/mol. The lowest BCUT2D eigenvalue weighted by molar-refractivity contribution is -0.121. The number of carbonyl (C=O) groups excluding carboxylic acids is 1. The van der Waals surface area contributed by atoms with E-state index in [0.29, 0.717) is 19.8 Å². The van der Waals surface area contributed by atoms with Gasteiger partial charge in [-0.25, -0.2) is 4.68 Å². The normalized spacial score (nSPS) is 19.7. The van der Waals surface area contributed by atoms with Crippen molar-refractivity contribution in [3.05, 3.63) is 36.0 Å². The second-order valence-corrected chi connectivity index (χ2v) is 6.51. The van der Waals surface area contributed by atoms with Gasteiger partial charge in [0.1, 0.15) is 19.0 Å². The minimum absolute atomic E-state index is 0.105. The molecule has 0 radical (unpaired) electrons. The number of aromatic nitrogens is 2. The molecule has 0 bridgehead atoms. The molecule has 7 heteroatoms. The van der Waals surface area contributed by atoms with Crippen molar-refractivity contribution in [2.75, 3.05) is 24.7 Å². The number of aryl methyl sites for hydroxylation is 1. The summed E-state index contributed by atoms with van der Waals surface area (Å²) in [6.07, 6.45) is 3.55. The van der Waals surface area contributed by atoms with E-state index in [4.69, 9.17) is 9.47 Å². The summed E-state index contributed by atoms with van der Waals surface area (Å²) in [5.74, 6) is 2.54. The number of ether oxygens (including phenoxy) is 2. The summed E-state index contributed by atoms with van der Waals surface area (Å²) in [6.45, 7) is 5.22. The highest BCUT2D eigenvalue weighted by atomic mass is 16.6. The summed E-state index contributed by atoms with van der Waals surface area (Å²) in [6, 6.07) is 7.58. The van der Waals surface area contributed by atoms with Gasteiger partial charge in [0.2, 0.25) is 5.91 Å². The summed E-state index contributed by atoms with van der Waals surface area (Å²) < 4.78 is 13.3. The van der Waals surface area contributed by atoms with E-state index in [-0.39, 0.29) is 11.9 Å². The molecule has 2 aliphatic rings. The summed E-state index contributed by atoms with van der Waals surface area (Å²) in [4.78, 5) is 14.8. The highest BCUT2D eigenvalue weighted by Gasteiger charge is 2.31. The van der Waals surface area contributed by atoms with Crippen LogP contribution in [-0.4, -0.2) is 41.5 Å². The van der Waals surface area contributed by atoms with E-state index in [2.05, 4.69) is 10.4 Å². The van der Waals surface area contributed by atoms with Gasteiger partial charge in [0.15, 0.2) is 11.5 Å². The van der Waals surface area contributed by atoms with E-state index in [9.17, 15) is 4.79 Å². The molecule has 0 spiro atoms. The minimum Gasteiger partial charge on any atom is -0.486 e. The van der Waals surface area contributed by atoms with Gasteiger partial charge >= 0.3 is 0 Å². The third kappa shape index (κ3) is 3.14. The van der Waals surface area contributed by atoms with Crippen molar-refractivity contribution in [2.45, 2.75) is 38.9 Å². The maximum atomic E-state index is 13.0. The number of hydrogen-bond acceptors (Lipinski definition) is 5. The van der Waals surface area contributed by atoms with E-state index < -0.39 is 0 Å². The highest BCUT2D eigenvalue weighted by Crippen LogP contribution is 2.33. The molecule has 4 rings (SSSR count). The summed E-state index contributed by atoms with van der Waals surface area (Å²) >= 11 is 0. The molecule has 0 aliphatic carbocycles. The van der Waals surface area contributed by atoms with E-state index in [1.165, 1.54) is 0 Å². The molecule has 1 atom stereocenters. The first kappa shape index (κ1) is 16.9. The number of benzene rings is 1. The Morgan fingerprint density at radius 1 is 1.27 bits per heavy atom. The van der Waals surface area contributed by atoms with Crippen LogP contribution in [0.4, 0.5) is 5.82 Å². The molecular formula is C19H24N4O3. The van der Waals surface area contributed by atoms with Crippen LogP contribution in [0.5, 0.6) is 11.5 Å². The molecule has 2 aromatic rings. The fourth-order valence-electron chi connectivity index (χ4n) is 3.60. The number of rotatable bonds is 5. The molecule has 1 aromatic carbocycles. The molecule has 138 valence electrons. The Morgan fingerprint density at radius 2 is 2.15 bits per heavy atom. The van der Waals surface area contributed by atoms with Crippen molar-refractivity contribution in [1.82, 2.24) is 15.1 Å². The van der Waals surface area contributed by atoms with Crippen LogP contribution in [0.1, 0.15) is 25.3 Å². The molecule has 1 fully saturated rings. The lowest BCUT2D eigenvalue weighted by atomic mass is 10.0. The monoisotopic (exact) mass is 356 g/mol. The maximum absolute atomic E-state index is 13.0. The Hall–Kier alpha value is -2.54. The first-order valence-electron chi connectivity index (χ1n) is 9.22. The van der Waals surface area contributed by atoms with Crippen LogP contribution >= 0.6 is 0 Å². The Labute approximate surface area is 152 Å². The van der Waals surface area contributed by atoms with Gasteiger partial charge in [-0.1, -0.05) is 12.1 Å². The molecule has 2 aliphatic heterocycles. The van der Waals surface area contributed by atoms with E-state index in [1.54, 1.807) is 6.20 Å². The zero-order chi connectivity index (χ0) is 17.9. The van der Waals surface area contributed by atoms with Crippen LogP contribution in [0.15, 0.2) is 30.5 Å². The molecule has 26 heavy (non-hydrogen) atoms. The van der Waals surface area contributed by atoms with Gasteiger partial charge in [-0.2, -0.15) is 5.10 Å². The Kier molecular flexibility index (Phi) is 4.79. The molecule has 1 amide bonds. The van der Waals surface area contributed by atoms with Crippen molar-refractivity contribution in [3.8, 4) is 11.5 Å². The molecule has 1 N–H and O–H groups in total. The fourth-order valence-corrected chi connectivity index (χ4v) is 3.60. The first-order valence-corrected chi connectivity index (χ1v) is 9.22. The quantitative estimate of drug-likeness (QED) is 0.887. The van der Waals surface area contributed by atoms with Crippen LogP contribution in [0.2, 0.25) is 0 Å². The lowest BCUT2D eigenvalue weighted by Crippen LogP contribution is -2.51. The maximum Gasteiger partial charge on any atom is 0.245 e. The molecule has 0 saturated carbocycles. The van der Waals surface area contributed by atoms with E-state index >= 15 is 0 Å². The number of fused-ring (bicyclic) bond motifs is 1. The first-order chi connectivity index (χ1) is 12.8. The number of carbonyl (C=O) groups is 1. The summed E-state index contributed by atoms with van der Waals surface area (Å²) in [7, 11) is 0. The van der Waals surface area contributed by atoms with Crippen LogP contribution in [0.3, 0.4) is 0 Å². The average molecular weight is 356 g/mol. The third-order valence-electron chi connectivity index (χ3n) is 4.90. The fraction of sp³-hybridized carbons (Fsp3) is 0.474. The number of nitrogens with zero attached hydrogens (tertiary/aromatic N) is 3. The highest BCUT2D eigenvalue weighted by molar-refractivity contribution is 5.97. The van der Waals surface area contributed by atoms with Crippen LogP contribution in [0.25, 0.3) is 0 Å². The Bertz CT molecular complexity index is 789. The van der Waals surface area contributed by atoms with Gasteiger partial charge in [-0.15, -0.1) is 0 Å². The topological polar surface area (TPSA) is 68.6 Å². The second kappa shape index (κ2) is 7.37. The number of anilines is 1. The van der Waals surface area contributed by atoms with Crippen molar-refractivity contribution in [3.63, 3.8) is 0 Å². The predicted octanol–water partition coefficient (Wildman–Crippen LogP) is 1.96. The zero-order valence-electron chi connectivity index (χ0n) is 15.0. The SMILES string of the molecule is CCn1nccc1N1CCCC(NCc2cccc3c2OCCO3)C1=O. The molecular weight excluding hydrogens is 332 g/mol. The largest absolute Gasteiger partial charge is 0.486 e. The number of nitrogens with one attached hydrogen (secondary N) is 1. The van der Waals surface area contributed by atoms with Crippen LogP contribution in [0, 0.1) is 0 Å². The van der Waals surface area contributed by atoms with Crippen molar-refractivity contribution in [1.29, 1.82) is 0 Å². The van der Waals surface area contributed by atoms with E-state index in [1.807, 2.05) is 40.8 Å². The number of hydrogen-bond donors (Lipinski definition) is 1. The molecule has 1 saturated heterocycles. The molecule has 1 aromatic heterocycles. The number of para-hydroxylation sites is 1. The summed E-state index contributed by atoms with van der Waals surface area (Å²) in [5, 5.41) is 7.69. The lowest BCUT2D eigenvalue weighted by Gasteiger charge is -2.33. The number of piperidine rings is 1. The standard InChI is InChI=1S/C19H24N4O3/c1-2-23-17(8-9-21-23)22-10-4-6-15(19(22)24)20-13-14-5-3-7-16-18(14)26-12-11-25-16/h3,5,7-9,15,20H,2,4,6,10-13H2,1H3. The average Bonchev–Trinajstić information content (AvgIpc) is 3.16. The Balaban J connectivity index is 1.46. The molecule has 3 heterocycles. The van der Waals surface area contributed by atoms with E-state index in [0.717, 1.165) is 48.8 Å². The van der Waals surface area contributed by atoms with Crippen LogP contribution < -0.4 is 19.7 Å². The van der Waals surface area contributed by atoms with Crippen LogP contribution in [-0.2, 0) is 17.9 Å². The van der Waals surface area contributed by atoms with Gasteiger partial charge < -0.3 is 14.8 Å². The van der Waals surface area contributed by atoms with Crippen molar-refractivity contribution >= 4 is 11.7 Å². The molecule has 7 nitrogen and oxygen atoms in total. The van der Waals surface area contributed by atoms with Crippen molar-refractivity contribution in [2.24, 2.45) is 0 Å². The second-order valence-electron chi connectivity index (χ2n) is 6.51. The smallest absolute Gasteiger partial charge is 0.245 e. The third-order valence-corrected chi connectivity index (χ3v) is 4.90. The van der Waals surface area contributed by atoms with Gasteiger partial charge in [0, 0.05) is 31.3 Å². The number of amides is 1.